The number of carbonyl (C=O) groups is 1. The normalized spacial score (nSPS) is 22.3. The van der Waals surface area contributed by atoms with Crippen LogP contribution in [0.25, 0.3) is 0 Å². The number of rotatable bonds is 2. The molecular weight excluding hydrogens is 338 g/mol. The number of fused-ring (bicyclic) bond motifs is 1. The summed E-state index contributed by atoms with van der Waals surface area (Å²) in [5, 5.41) is 3.39. The summed E-state index contributed by atoms with van der Waals surface area (Å²) in [6, 6.07) is 11.9. The number of para-hydroxylation sites is 1. The zero-order valence-electron chi connectivity index (χ0n) is 13.9. The zero-order chi connectivity index (χ0) is 16.4. The van der Waals surface area contributed by atoms with Crippen molar-refractivity contribution in [1.82, 2.24) is 15.2 Å². The molecule has 0 bridgehead atoms. The van der Waals surface area contributed by atoms with E-state index in [0.717, 1.165) is 42.9 Å². The van der Waals surface area contributed by atoms with Gasteiger partial charge in [-0.25, -0.2) is 0 Å². The predicted molar refractivity (Wildman–Crippen MR) is 98.1 cm³/mol. The zero-order valence-corrected chi connectivity index (χ0v) is 14.7. The molecule has 1 aromatic carbocycles. The molecule has 1 N–H and O–H groups in total. The molecule has 0 saturated carbocycles. The summed E-state index contributed by atoms with van der Waals surface area (Å²) in [6.07, 6.45) is 4.36. The van der Waals surface area contributed by atoms with Crippen LogP contribution in [0.3, 0.4) is 0 Å². The number of aromatic nitrogens is 1. The van der Waals surface area contributed by atoms with Gasteiger partial charge in [0, 0.05) is 37.6 Å². The third kappa shape index (κ3) is 3.48. The van der Waals surface area contributed by atoms with Crippen molar-refractivity contribution >= 4 is 18.3 Å². The molecule has 0 aliphatic carbocycles. The van der Waals surface area contributed by atoms with E-state index in [4.69, 9.17) is 4.74 Å². The second kappa shape index (κ2) is 7.85. The average molecular weight is 360 g/mol. The van der Waals surface area contributed by atoms with Gasteiger partial charge in [-0.1, -0.05) is 24.3 Å². The van der Waals surface area contributed by atoms with E-state index in [2.05, 4.69) is 10.3 Å². The van der Waals surface area contributed by atoms with Crippen LogP contribution in [0, 0.1) is 0 Å². The minimum atomic E-state index is -0.118. The Morgan fingerprint density at radius 1 is 1.24 bits per heavy atom. The molecule has 25 heavy (non-hydrogen) atoms. The summed E-state index contributed by atoms with van der Waals surface area (Å²) in [5.41, 5.74) is 2.09. The van der Waals surface area contributed by atoms with Crippen molar-refractivity contribution in [3.8, 4) is 5.75 Å². The fraction of sp³-hybridized carbons (Fsp3) is 0.368. The van der Waals surface area contributed by atoms with Crippen LogP contribution in [0.2, 0.25) is 0 Å². The third-order valence-electron chi connectivity index (χ3n) is 4.85. The Bertz CT molecular complexity index is 726. The average Bonchev–Trinajstić information content (AvgIpc) is 2.68. The Balaban J connectivity index is 0.00000182. The minimum Gasteiger partial charge on any atom is -0.493 e. The smallest absolute Gasteiger partial charge is 0.230 e. The summed E-state index contributed by atoms with van der Waals surface area (Å²) in [7, 11) is 0. The van der Waals surface area contributed by atoms with Crippen molar-refractivity contribution in [2.45, 2.75) is 18.4 Å². The molecule has 1 aromatic heterocycles. The number of nitrogens with one attached hydrogen (secondary N) is 1. The van der Waals surface area contributed by atoms with Gasteiger partial charge in [-0.05, 0) is 24.1 Å². The molecule has 0 radical (unpaired) electrons. The number of benzene rings is 1. The van der Waals surface area contributed by atoms with E-state index in [0.29, 0.717) is 6.61 Å². The molecule has 6 heteroatoms. The first-order valence-electron chi connectivity index (χ1n) is 8.47. The maximum Gasteiger partial charge on any atom is 0.230 e. The molecule has 1 fully saturated rings. The Morgan fingerprint density at radius 3 is 2.96 bits per heavy atom. The molecule has 2 aromatic rings. The number of ether oxygens (including phenoxy) is 1. The molecule has 5 nitrogen and oxygen atoms in total. The highest BCUT2D eigenvalue weighted by atomic mass is 35.5. The van der Waals surface area contributed by atoms with Crippen molar-refractivity contribution in [3.05, 3.63) is 59.9 Å². The van der Waals surface area contributed by atoms with Gasteiger partial charge in [-0.15, -0.1) is 12.4 Å². The minimum absolute atomic E-state index is 0. The van der Waals surface area contributed by atoms with E-state index >= 15 is 0 Å². The van der Waals surface area contributed by atoms with Gasteiger partial charge in [0.2, 0.25) is 5.91 Å². The van der Waals surface area contributed by atoms with E-state index in [-0.39, 0.29) is 30.3 Å². The fourth-order valence-electron chi connectivity index (χ4n) is 3.64. The summed E-state index contributed by atoms with van der Waals surface area (Å²) >= 11 is 0. The van der Waals surface area contributed by atoms with Gasteiger partial charge in [0.25, 0.3) is 0 Å². The molecule has 0 spiro atoms. The number of halogens is 1. The van der Waals surface area contributed by atoms with Gasteiger partial charge in [-0.3, -0.25) is 9.78 Å². The first kappa shape index (κ1) is 17.7. The van der Waals surface area contributed by atoms with Crippen LogP contribution in [0.4, 0.5) is 0 Å². The topological polar surface area (TPSA) is 54.5 Å². The first-order valence-corrected chi connectivity index (χ1v) is 8.47. The molecule has 132 valence electrons. The SMILES string of the molecule is Cl.O=C(C1CCOc2ccccc21)N1CCNCC1c1cccnc1. The lowest BCUT2D eigenvalue weighted by molar-refractivity contribution is -0.137. The Morgan fingerprint density at radius 2 is 2.12 bits per heavy atom. The van der Waals surface area contributed by atoms with Crippen molar-refractivity contribution in [1.29, 1.82) is 0 Å². The van der Waals surface area contributed by atoms with Gasteiger partial charge in [0.15, 0.2) is 0 Å². The standard InChI is InChI=1S/C19H21N3O2.ClH/c23-19(16-7-11-24-18-6-2-1-5-15(16)18)22-10-9-21-13-17(22)14-4-3-8-20-12-14;/h1-6,8,12,16-17,21H,7,9-11,13H2;1H. The second-order valence-corrected chi connectivity index (χ2v) is 6.27. The molecule has 1 amide bonds. The highest BCUT2D eigenvalue weighted by molar-refractivity contribution is 5.85. The van der Waals surface area contributed by atoms with Gasteiger partial charge in [0.05, 0.1) is 18.6 Å². The van der Waals surface area contributed by atoms with Crippen molar-refractivity contribution in [3.63, 3.8) is 0 Å². The van der Waals surface area contributed by atoms with Gasteiger partial charge >= 0.3 is 0 Å². The summed E-state index contributed by atoms with van der Waals surface area (Å²) in [5.74, 6) is 0.920. The number of piperazine rings is 1. The Kier molecular flexibility index (Phi) is 5.56. The summed E-state index contributed by atoms with van der Waals surface area (Å²) < 4.78 is 5.71. The van der Waals surface area contributed by atoms with Gasteiger partial charge in [0.1, 0.15) is 5.75 Å². The van der Waals surface area contributed by atoms with Crippen LogP contribution < -0.4 is 10.1 Å². The van der Waals surface area contributed by atoms with Crippen LogP contribution >= 0.6 is 12.4 Å². The van der Waals surface area contributed by atoms with Crippen LogP contribution in [0.15, 0.2) is 48.8 Å². The Hall–Kier alpha value is -2.11. The monoisotopic (exact) mass is 359 g/mol. The third-order valence-corrected chi connectivity index (χ3v) is 4.85. The molecule has 4 rings (SSSR count). The highest BCUT2D eigenvalue weighted by Crippen LogP contribution is 2.36. The van der Waals surface area contributed by atoms with Crippen molar-refractivity contribution in [2.24, 2.45) is 0 Å². The Labute approximate surface area is 153 Å². The van der Waals surface area contributed by atoms with Crippen molar-refractivity contribution < 1.29 is 9.53 Å². The summed E-state index contributed by atoms with van der Waals surface area (Å²) in [4.78, 5) is 19.6. The number of carbonyl (C=O) groups excluding carboxylic acids is 1. The predicted octanol–water partition coefficient (Wildman–Crippen LogP) is 2.54. The molecule has 2 aliphatic rings. The lowest BCUT2D eigenvalue weighted by Crippen LogP contribution is -2.50. The maximum atomic E-state index is 13.3. The molecule has 2 unspecified atom stereocenters. The number of nitrogens with zero attached hydrogens (tertiary/aromatic N) is 2. The second-order valence-electron chi connectivity index (χ2n) is 6.27. The quantitative estimate of drug-likeness (QED) is 0.895. The van der Waals surface area contributed by atoms with Crippen LogP contribution in [-0.4, -0.2) is 42.0 Å². The first-order chi connectivity index (χ1) is 11.8. The number of hydrogen-bond donors (Lipinski definition) is 1. The molecule has 2 atom stereocenters. The molecule has 3 heterocycles. The van der Waals surface area contributed by atoms with Crippen LogP contribution in [0.1, 0.15) is 29.5 Å². The van der Waals surface area contributed by atoms with Crippen LogP contribution in [-0.2, 0) is 4.79 Å². The highest BCUT2D eigenvalue weighted by Gasteiger charge is 2.35. The molecular formula is C19H22ClN3O2. The van der Waals surface area contributed by atoms with E-state index in [9.17, 15) is 4.79 Å². The van der Waals surface area contributed by atoms with E-state index in [1.165, 1.54) is 0 Å². The summed E-state index contributed by atoms with van der Waals surface area (Å²) in [6.45, 7) is 2.91. The van der Waals surface area contributed by atoms with Gasteiger partial charge < -0.3 is 15.0 Å². The van der Waals surface area contributed by atoms with E-state index < -0.39 is 0 Å². The number of pyridine rings is 1. The molecule has 1 saturated heterocycles. The van der Waals surface area contributed by atoms with Gasteiger partial charge in [-0.2, -0.15) is 0 Å². The van der Waals surface area contributed by atoms with Crippen LogP contribution in [0.5, 0.6) is 5.75 Å². The fourth-order valence-corrected chi connectivity index (χ4v) is 3.64. The molecule has 2 aliphatic heterocycles. The maximum absolute atomic E-state index is 13.3. The lowest BCUT2D eigenvalue weighted by Gasteiger charge is -2.39. The van der Waals surface area contributed by atoms with Crippen molar-refractivity contribution in [2.75, 3.05) is 26.2 Å². The van der Waals surface area contributed by atoms with E-state index in [1.807, 2.05) is 47.5 Å². The lowest BCUT2D eigenvalue weighted by atomic mass is 9.90. The van der Waals surface area contributed by atoms with E-state index in [1.54, 1.807) is 6.20 Å². The number of amides is 1. The largest absolute Gasteiger partial charge is 0.493 e. The number of hydrogen-bond acceptors (Lipinski definition) is 4.